The van der Waals surface area contributed by atoms with E-state index >= 15 is 0 Å². The van der Waals surface area contributed by atoms with E-state index in [1.54, 1.807) is 12.1 Å². The molecular weight excluding hydrogens is 285 g/mol. The number of halogens is 2. The van der Waals surface area contributed by atoms with Gasteiger partial charge >= 0.3 is 0 Å². The average molecular weight is 302 g/mol. The van der Waals surface area contributed by atoms with E-state index in [2.05, 4.69) is 21.2 Å². The molecule has 1 aromatic carbocycles. The van der Waals surface area contributed by atoms with Gasteiger partial charge in [0.1, 0.15) is 0 Å². The minimum Gasteiger partial charge on any atom is -0.491 e. The molecule has 1 aliphatic heterocycles. The van der Waals surface area contributed by atoms with Crippen LogP contribution in [-0.2, 0) is 0 Å². The van der Waals surface area contributed by atoms with Crippen molar-refractivity contribution in [3.05, 3.63) is 28.5 Å². The van der Waals surface area contributed by atoms with Gasteiger partial charge in [-0.05, 0) is 56.5 Å². The fourth-order valence-corrected chi connectivity index (χ4v) is 2.43. The quantitative estimate of drug-likeness (QED) is 0.921. The van der Waals surface area contributed by atoms with Crippen LogP contribution in [0.1, 0.15) is 19.3 Å². The molecule has 4 heteroatoms. The number of rotatable bonds is 4. The molecule has 1 aliphatic rings. The molecule has 0 saturated carbocycles. The van der Waals surface area contributed by atoms with E-state index in [0.717, 1.165) is 29.9 Å². The third kappa shape index (κ3) is 3.96. The van der Waals surface area contributed by atoms with Gasteiger partial charge in [-0.1, -0.05) is 15.9 Å². The van der Waals surface area contributed by atoms with Crippen LogP contribution < -0.4 is 10.1 Å². The third-order valence-corrected chi connectivity index (χ3v) is 3.63. The maximum absolute atomic E-state index is 13.5. The van der Waals surface area contributed by atoms with E-state index in [1.807, 2.05) is 0 Å². The normalized spacial score (nSPS) is 17.1. The van der Waals surface area contributed by atoms with Crippen molar-refractivity contribution in [3.8, 4) is 5.75 Å². The van der Waals surface area contributed by atoms with Gasteiger partial charge in [-0.3, -0.25) is 0 Å². The smallest absolute Gasteiger partial charge is 0.166 e. The van der Waals surface area contributed by atoms with Crippen molar-refractivity contribution >= 4 is 15.9 Å². The predicted octanol–water partition coefficient (Wildman–Crippen LogP) is 3.36. The summed E-state index contributed by atoms with van der Waals surface area (Å²) in [6.45, 7) is 2.79. The number of hydrogen-bond acceptors (Lipinski definition) is 2. The molecule has 0 spiro atoms. The molecule has 1 saturated heterocycles. The molecule has 0 atom stereocenters. The fourth-order valence-electron chi connectivity index (χ4n) is 2.10. The zero-order valence-corrected chi connectivity index (χ0v) is 11.3. The number of hydrogen-bond donors (Lipinski definition) is 1. The molecule has 2 rings (SSSR count). The number of benzene rings is 1. The Morgan fingerprint density at radius 1 is 1.35 bits per heavy atom. The van der Waals surface area contributed by atoms with Crippen LogP contribution in [0.15, 0.2) is 22.7 Å². The van der Waals surface area contributed by atoms with Crippen molar-refractivity contribution in [1.82, 2.24) is 5.32 Å². The molecule has 0 amide bonds. The molecule has 1 fully saturated rings. The Bertz CT molecular complexity index is 366. The van der Waals surface area contributed by atoms with Gasteiger partial charge in [0.15, 0.2) is 11.6 Å². The predicted molar refractivity (Wildman–Crippen MR) is 69.8 cm³/mol. The first-order valence-corrected chi connectivity index (χ1v) is 6.83. The Balaban J connectivity index is 1.77. The Kier molecular flexibility index (Phi) is 4.80. The Morgan fingerprint density at radius 3 is 2.82 bits per heavy atom. The van der Waals surface area contributed by atoms with E-state index in [1.165, 1.54) is 18.9 Å². The monoisotopic (exact) mass is 301 g/mol. The van der Waals surface area contributed by atoms with Crippen molar-refractivity contribution in [2.24, 2.45) is 5.92 Å². The molecule has 0 bridgehead atoms. The van der Waals surface area contributed by atoms with Crippen LogP contribution in [0.4, 0.5) is 4.39 Å². The van der Waals surface area contributed by atoms with Crippen LogP contribution in [0.2, 0.25) is 0 Å². The second-order valence-corrected chi connectivity index (χ2v) is 5.32. The lowest BCUT2D eigenvalue weighted by Gasteiger charge is -2.22. The molecule has 0 aliphatic carbocycles. The molecule has 1 heterocycles. The zero-order chi connectivity index (χ0) is 12.1. The number of piperidine rings is 1. The van der Waals surface area contributed by atoms with Crippen molar-refractivity contribution in [1.29, 1.82) is 0 Å². The highest BCUT2D eigenvalue weighted by Crippen LogP contribution is 2.22. The maximum atomic E-state index is 13.5. The molecule has 94 valence electrons. The summed E-state index contributed by atoms with van der Waals surface area (Å²) in [5.41, 5.74) is 0. The van der Waals surface area contributed by atoms with Crippen LogP contribution >= 0.6 is 15.9 Å². The molecule has 0 aromatic heterocycles. The molecule has 0 unspecified atom stereocenters. The SMILES string of the molecule is Fc1cc(Br)ccc1OCCC1CCNCC1. The van der Waals surface area contributed by atoms with Gasteiger partial charge < -0.3 is 10.1 Å². The largest absolute Gasteiger partial charge is 0.491 e. The molecule has 17 heavy (non-hydrogen) atoms. The minimum absolute atomic E-state index is 0.301. The molecule has 0 radical (unpaired) electrons. The van der Waals surface area contributed by atoms with Crippen LogP contribution in [0.25, 0.3) is 0 Å². The van der Waals surface area contributed by atoms with Gasteiger partial charge in [0, 0.05) is 4.47 Å². The first kappa shape index (κ1) is 12.8. The van der Waals surface area contributed by atoms with Crippen LogP contribution in [0.5, 0.6) is 5.75 Å². The Labute approximate surface area is 110 Å². The first-order valence-electron chi connectivity index (χ1n) is 6.04. The molecule has 1 aromatic rings. The lowest BCUT2D eigenvalue weighted by atomic mass is 9.95. The van der Waals surface area contributed by atoms with Gasteiger partial charge in [-0.2, -0.15) is 0 Å². The third-order valence-electron chi connectivity index (χ3n) is 3.14. The lowest BCUT2D eigenvalue weighted by Crippen LogP contribution is -2.28. The zero-order valence-electron chi connectivity index (χ0n) is 9.72. The summed E-state index contributed by atoms with van der Waals surface area (Å²) in [6, 6.07) is 4.89. The summed E-state index contributed by atoms with van der Waals surface area (Å²) in [5.74, 6) is 0.765. The lowest BCUT2D eigenvalue weighted by molar-refractivity contribution is 0.244. The van der Waals surface area contributed by atoms with Gasteiger partial charge in [0.25, 0.3) is 0 Å². The molecular formula is C13H17BrFNO. The highest BCUT2D eigenvalue weighted by molar-refractivity contribution is 9.10. The summed E-state index contributed by atoms with van der Waals surface area (Å²) < 4.78 is 19.7. The summed E-state index contributed by atoms with van der Waals surface area (Å²) >= 11 is 3.22. The summed E-state index contributed by atoms with van der Waals surface area (Å²) in [4.78, 5) is 0. The number of nitrogens with one attached hydrogen (secondary N) is 1. The Morgan fingerprint density at radius 2 is 2.12 bits per heavy atom. The van der Waals surface area contributed by atoms with Crippen molar-refractivity contribution in [2.75, 3.05) is 19.7 Å². The summed E-state index contributed by atoms with van der Waals surface area (Å²) in [7, 11) is 0. The molecule has 2 nitrogen and oxygen atoms in total. The average Bonchev–Trinajstić information content (AvgIpc) is 2.33. The summed E-state index contributed by atoms with van der Waals surface area (Å²) in [6.07, 6.45) is 3.41. The minimum atomic E-state index is -0.301. The first-order chi connectivity index (χ1) is 8.25. The van der Waals surface area contributed by atoms with Crippen molar-refractivity contribution in [3.63, 3.8) is 0 Å². The highest BCUT2D eigenvalue weighted by atomic mass is 79.9. The van der Waals surface area contributed by atoms with Crippen LogP contribution in [-0.4, -0.2) is 19.7 Å². The van der Waals surface area contributed by atoms with Crippen LogP contribution in [0, 0.1) is 11.7 Å². The van der Waals surface area contributed by atoms with E-state index in [4.69, 9.17) is 4.74 Å². The van der Waals surface area contributed by atoms with Crippen molar-refractivity contribution in [2.45, 2.75) is 19.3 Å². The van der Waals surface area contributed by atoms with E-state index < -0.39 is 0 Å². The van der Waals surface area contributed by atoms with Crippen LogP contribution in [0.3, 0.4) is 0 Å². The van der Waals surface area contributed by atoms with Crippen molar-refractivity contribution < 1.29 is 9.13 Å². The van der Waals surface area contributed by atoms with Gasteiger partial charge in [0.05, 0.1) is 6.61 Å². The van der Waals surface area contributed by atoms with Gasteiger partial charge in [-0.15, -0.1) is 0 Å². The fraction of sp³-hybridized carbons (Fsp3) is 0.538. The standard InChI is InChI=1S/C13H17BrFNO/c14-11-1-2-13(12(15)9-11)17-8-5-10-3-6-16-7-4-10/h1-2,9-10,16H,3-8H2. The Hall–Kier alpha value is -0.610. The maximum Gasteiger partial charge on any atom is 0.166 e. The van der Waals surface area contributed by atoms with Gasteiger partial charge in [-0.25, -0.2) is 4.39 Å². The summed E-state index contributed by atoms with van der Waals surface area (Å²) in [5, 5.41) is 3.33. The second kappa shape index (κ2) is 6.36. The topological polar surface area (TPSA) is 21.3 Å². The number of ether oxygens (including phenoxy) is 1. The van der Waals surface area contributed by atoms with E-state index in [-0.39, 0.29) is 5.82 Å². The molecule has 1 N–H and O–H groups in total. The van der Waals surface area contributed by atoms with E-state index in [0.29, 0.717) is 12.4 Å². The highest BCUT2D eigenvalue weighted by Gasteiger charge is 2.13. The second-order valence-electron chi connectivity index (χ2n) is 4.41. The van der Waals surface area contributed by atoms with Gasteiger partial charge in [0.2, 0.25) is 0 Å². The van der Waals surface area contributed by atoms with E-state index in [9.17, 15) is 4.39 Å².